The van der Waals surface area contributed by atoms with Gasteiger partial charge < -0.3 is 10.5 Å². The molecule has 1 rings (SSSR count). The van der Waals surface area contributed by atoms with Crippen LogP contribution in [-0.4, -0.2) is 13.2 Å². The van der Waals surface area contributed by atoms with E-state index >= 15 is 0 Å². The highest BCUT2D eigenvalue weighted by Crippen LogP contribution is 2.19. The minimum absolute atomic E-state index is 0.725. The van der Waals surface area contributed by atoms with Crippen molar-refractivity contribution in [2.24, 2.45) is 5.73 Å². The molecule has 0 bridgehead atoms. The number of aryl methyl sites for hydroxylation is 2. The van der Waals surface area contributed by atoms with Crippen LogP contribution in [0.1, 0.15) is 24.5 Å². The monoisotopic (exact) mass is 193 g/mol. The SMILES string of the molecule is CCOc1ccc(CCCN)cc1C. The summed E-state index contributed by atoms with van der Waals surface area (Å²) in [6, 6.07) is 6.35. The number of hydrogen-bond acceptors (Lipinski definition) is 2. The number of ether oxygens (including phenoxy) is 1. The van der Waals surface area contributed by atoms with E-state index in [4.69, 9.17) is 10.5 Å². The van der Waals surface area contributed by atoms with Crippen LogP contribution in [0.25, 0.3) is 0 Å². The Morgan fingerprint density at radius 2 is 2.14 bits per heavy atom. The lowest BCUT2D eigenvalue weighted by atomic mass is 10.1. The Balaban J connectivity index is 2.68. The second-order valence-corrected chi connectivity index (χ2v) is 3.43. The highest BCUT2D eigenvalue weighted by molar-refractivity contribution is 5.36. The summed E-state index contributed by atoms with van der Waals surface area (Å²) in [7, 11) is 0. The Morgan fingerprint density at radius 1 is 1.36 bits per heavy atom. The molecule has 0 spiro atoms. The van der Waals surface area contributed by atoms with Gasteiger partial charge in [-0.25, -0.2) is 0 Å². The molecular weight excluding hydrogens is 174 g/mol. The average molecular weight is 193 g/mol. The van der Waals surface area contributed by atoms with E-state index in [1.54, 1.807) is 0 Å². The van der Waals surface area contributed by atoms with E-state index in [1.165, 1.54) is 11.1 Å². The van der Waals surface area contributed by atoms with E-state index in [1.807, 2.05) is 13.0 Å². The van der Waals surface area contributed by atoms with Crippen molar-refractivity contribution in [3.8, 4) is 5.75 Å². The van der Waals surface area contributed by atoms with Crippen LogP contribution in [0, 0.1) is 6.92 Å². The summed E-state index contributed by atoms with van der Waals surface area (Å²) in [6.45, 7) is 5.56. The summed E-state index contributed by atoms with van der Waals surface area (Å²) in [6.07, 6.45) is 2.11. The standard InChI is InChI=1S/C12H19NO/c1-3-14-12-7-6-11(5-4-8-13)9-10(12)2/h6-7,9H,3-5,8,13H2,1-2H3. The highest BCUT2D eigenvalue weighted by Gasteiger charge is 1.99. The third-order valence-electron chi connectivity index (χ3n) is 2.21. The molecule has 0 aromatic heterocycles. The van der Waals surface area contributed by atoms with Crippen LogP contribution in [0.4, 0.5) is 0 Å². The van der Waals surface area contributed by atoms with Crippen LogP contribution < -0.4 is 10.5 Å². The molecular formula is C12H19NO. The van der Waals surface area contributed by atoms with E-state index in [2.05, 4.69) is 19.1 Å². The van der Waals surface area contributed by atoms with Gasteiger partial charge in [0.1, 0.15) is 5.75 Å². The Morgan fingerprint density at radius 3 is 2.71 bits per heavy atom. The van der Waals surface area contributed by atoms with Gasteiger partial charge in [-0.3, -0.25) is 0 Å². The normalized spacial score (nSPS) is 10.2. The van der Waals surface area contributed by atoms with Crippen molar-refractivity contribution < 1.29 is 4.74 Å². The number of benzene rings is 1. The molecule has 0 atom stereocenters. The van der Waals surface area contributed by atoms with Crippen molar-refractivity contribution in [1.82, 2.24) is 0 Å². The fourth-order valence-electron chi connectivity index (χ4n) is 1.49. The highest BCUT2D eigenvalue weighted by atomic mass is 16.5. The molecule has 14 heavy (non-hydrogen) atoms. The summed E-state index contributed by atoms with van der Waals surface area (Å²) in [5.74, 6) is 0.990. The van der Waals surface area contributed by atoms with E-state index in [9.17, 15) is 0 Å². The quantitative estimate of drug-likeness (QED) is 0.778. The van der Waals surface area contributed by atoms with Crippen molar-refractivity contribution in [1.29, 1.82) is 0 Å². The first-order valence-electron chi connectivity index (χ1n) is 5.20. The number of hydrogen-bond donors (Lipinski definition) is 1. The zero-order chi connectivity index (χ0) is 10.4. The molecule has 0 heterocycles. The second-order valence-electron chi connectivity index (χ2n) is 3.43. The van der Waals surface area contributed by atoms with Crippen LogP contribution in [0.3, 0.4) is 0 Å². The van der Waals surface area contributed by atoms with Crippen LogP contribution in [-0.2, 0) is 6.42 Å². The second kappa shape index (κ2) is 5.66. The molecule has 2 nitrogen and oxygen atoms in total. The molecule has 1 aromatic rings. The lowest BCUT2D eigenvalue weighted by Crippen LogP contribution is -2.01. The molecule has 0 unspecified atom stereocenters. The maximum atomic E-state index is 5.47. The molecule has 0 radical (unpaired) electrons. The maximum absolute atomic E-state index is 5.47. The lowest BCUT2D eigenvalue weighted by Gasteiger charge is -2.08. The molecule has 0 aliphatic heterocycles. The van der Waals surface area contributed by atoms with Crippen LogP contribution in [0.5, 0.6) is 5.75 Å². The maximum Gasteiger partial charge on any atom is 0.122 e. The third kappa shape index (κ3) is 3.04. The molecule has 78 valence electrons. The predicted octanol–water partition coefficient (Wildman–Crippen LogP) is 2.29. The summed E-state index contributed by atoms with van der Waals surface area (Å²) < 4.78 is 5.47. The molecule has 0 aliphatic carbocycles. The van der Waals surface area contributed by atoms with Crippen molar-refractivity contribution in [3.63, 3.8) is 0 Å². The minimum atomic E-state index is 0.725. The van der Waals surface area contributed by atoms with Gasteiger partial charge in [-0.1, -0.05) is 12.1 Å². The summed E-state index contributed by atoms with van der Waals surface area (Å²) in [5, 5.41) is 0. The van der Waals surface area contributed by atoms with Crippen molar-refractivity contribution in [2.75, 3.05) is 13.2 Å². The zero-order valence-corrected chi connectivity index (χ0v) is 9.05. The van der Waals surface area contributed by atoms with Gasteiger partial charge in [0, 0.05) is 0 Å². The van der Waals surface area contributed by atoms with Crippen molar-refractivity contribution in [2.45, 2.75) is 26.7 Å². The van der Waals surface area contributed by atoms with Crippen LogP contribution in [0.15, 0.2) is 18.2 Å². The lowest BCUT2D eigenvalue weighted by molar-refractivity contribution is 0.338. The number of rotatable bonds is 5. The van der Waals surface area contributed by atoms with Crippen molar-refractivity contribution >= 4 is 0 Å². The zero-order valence-electron chi connectivity index (χ0n) is 9.05. The van der Waals surface area contributed by atoms with Gasteiger partial charge in [0.25, 0.3) is 0 Å². The largest absolute Gasteiger partial charge is 0.494 e. The van der Waals surface area contributed by atoms with E-state index < -0.39 is 0 Å². The molecule has 0 amide bonds. The van der Waals surface area contributed by atoms with Crippen molar-refractivity contribution in [3.05, 3.63) is 29.3 Å². The van der Waals surface area contributed by atoms with Gasteiger partial charge in [0.15, 0.2) is 0 Å². The fourth-order valence-corrected chi connectivity index (χ4v) is 1.49. The van der Waals surface area contributed by atoms with E-state index in [0.29, 0.717) is 0 Å². The molecule has 0 saturated carbocycles. The summed E-state index contributed by atoms with van der Waals surface area (Å²) in [4.78, 5) is 0. The average Bonchev–Trinajstić information content (AvgIpc) is 2.19. The molecule has 1 aromatic carbocycles. The first-order valence-corrected chi connectivity index (χ1v) is 5.20. The molecule has 0 saturated heterocycles. The Labute approximate surface area is 86.1 Å². The van der Waals surface area contributed by atoms with Gasteiger partial charge >= 0.3 is 0 Å². The first-order chi connectivity index (χ1) is 6.77. The van der Waals surface area contributed by atoms with Gasteiger partial charge in [-0.05, 0) is 50.4 Å². The first kappa shape index (κ1) is 11.1. The molecule has 2 heteroatoms. The predicted molar refractivity (Wildman–Crippen MR) is 59.7 cm³/mol. The Hall–Kier alpha value is -1.02. The van der Waals surface area contributed by atoms with Gasteiger partial charge in [0.05, 0.1) is 6.61 Å². The van der Waals surface area contributed by atoms with Gasteiger partial charge in [-0.15, -0.1) is 0 Å². The Bertz CT molecular complexity index is 284. The fraction of sp³-hybridized carbons (Fsp3) is 0.500. The minimum Gasteiger partial charge on any atom is -0.494 e. The van der Waals surface area contributed by atoms with Crippen LogP contribution in [0.2, 0.25) is 0 Å². The third-order valence-corrected chi connectivity index (χ3v) is 2.21. The van der Waals surface area contributed by atoms with E-state index in [0.717, 1.165) is 31.7 Å². The van der Waals surface area contributed by atoms with E-state index in [-0.39, 0.29) is 0 Å². The summed E-state index contributed by atoms with van der Waals surface area (Å²) >= 11 is 0. The molecule has 0 aliphatic rings. The summed E-state index contributed by atoms with van der Waals surface area (Å²) in [5.41, 5.74) is 8.02. The van der Waals surface area contributed by atoms with Gasteiger partial charge in [-0.2, -0.15) is 0 Å². The topological polar surface area (TPSA) is 35.2 Å². The van der Waals surface area contributed by atoms with Crippen LogP contribution >= 0.6 is 0 Å². The smallest absolute Gasteiger partial charge is 0.122 e. The molecule has 0 fully saturated rings. The number of nitrogens with two attached hydrogens (primary N) is 1. The van der Waals surface area contributed by atoms with Gasteiger partial charge in [0.2, 0.25) is 0 Å². The Kier molecular flexibility index (Phi) is 4.47. The molecule has 2 N–H and O–H groups in total.